The van der Waals surface area contributed by atoms with Crippen LogP contribution in [0, 0.1) is 23.2 Å². The molecule has 5 rings (SSSR count). The second kappa shape index (κ2) is 6.16. The molecule has 4 bridgehead atoms. The first kappa shape index (κ1) is 16.1. The zero-order valence-electron chi connectivity index (χ0n) is 15.1. The van der Waals surface area contributed by atoms with E-state index >= 15 is 0 Å². The number of nitrogens with zero attached hydrogens (tertiary/aromatic N) is 1. The Bertz CT molecular complexity index is 571. The summed E-state index contributed by atoms with van der Waals surface area (Å²) in [5, 5.41) is 3.35. The summed E-state index contributed by atoms with van der Waals surface area (Å²) in [5.41, 5.74) is 1.70. The monoisotopic (exact) mass is 327 g/mol. The van der Waals surface area contributed by atoms with E-state index in [-0.39, 0.29) is 5.91 Å². The minimum Gasteiger partial charge on any atom is -0.348 e. The lowest BCUT2D eigenvalue weighted by Gasteiger charge is -2.59. The van der Waals surface area contributed by atoms with Crippen LogP contribution in [-0.4, -0.2) is 11.9 Å². The van der Waals surface area contributed by atoms with Crippen LogP contribution in [0.5, 0.6) is 0 Å². The minimum absolute atomic E-state index is 0.160. The molecule has 0 aliphatic heterocycles. The van der Waals surface area contributed by atoms with Crippen molar-refractivity contribution >= 4 is 5.91 Å². The Morgan fingerprint density at radius 2 is 1.71 bits per heavy atom. The van der Waals surface area contributed by atoms with Crippen LogP contribution in [0.2, 0.25) is 0 Å². The number of carbonyl (C=O) groups is 1. The van der Waals surface area contributed by atoms with E-state index in [0.29, 0.717) is 18.0 Å². The van der Waals surface area contributed by atoms with E-state index < -0.39 is 0 Å². The molecule has 4 aliphatic carbocycles. The van der Waals surface area contributed by atoms with Gasteiger partial charge < -0.3 is 5.32 Å². The molecule has 0 unspecified atom stereocenters. The van der Waals surface area contributed by atoms with Crippen molar-refractivity contribution in [2.45, 2.75) is 71.4 Å². The Morgan fingerprint density at radius 1 is 1.17 bits per heavy atom. The Kier molecular flexibility index (Phi) is 4.14. The number of aromatic nitrogens is 1. The fourth-order valence-electron chi connectivity index (χ4n) is 6.14. The maximum Gasteiger partial charge on any atom is 0.286 e. The number of pyridine rings is 1. The molecule has 1 atom stereocenters. The van der Waals surface area contributed by atoms with Crippen LogP contribution in [-0.2, 0) is 17.8 Å². The number of hydrogen-bond donors (Lipinski definition) is 1. The van der Waals surface area contributed by atoms with Gasteiger partial charge in [0, 0.05) is 18.2 Å². The summed E-state index contributed by atoms with van der Waals surface area (Å²) in [5.74, 6) is 2.97. The standard InChI is InChI=1S/C21H30N2O/c1-3-16-4-6-23(7-5-16)14-20(24)22-15(2)21-11-17-8-18(12-21)10-19(9-17)13-21/h4-7,15,17-19H,3,8-14H2,1-2H3/p+1/t15-,17?,18?,19?,21?/m1/s1. The molecule has 4 aliphatic rings. The van der Waals surface area contributed by atoms with Crippen LogP contribution < -0.4 is 9.88 Å². The van der Waals surface area contributed by atoms with E-state index in [1.165, 1.54) is 44.1 Å². The van der Waals surface area contributed by atoms with Gasteiger partial charge in [-0.25, -0.2) is 0 Å². The molecule has 4 saturated carbocycles. The summed E-state index contributed by atoms with van der Waals surface area (Å²) in [6.45, 7) is 4.84. The fourth-order valence-corrected chi connectivity index (χ4v) is 6.14. The zero-order valence-corrected chi connectivity index (χ0v) is 15.1. The van der Waals surface area contributed by atoms with Crippen molar-refractivity contribution in [1.29, 1.82) is 0 Å². The maximum atomic E-state index is 12.5. The highest BCUT2D eigenvalue weighted by Gasteiger charge is 2.53. The van der Waals surface area contributed by atoms with Crippen LogP contribution in [0.25, 0.3) is 0 Å². The molecule has 1 amide bonds. The lowest BCUT2D eigenvalue weighted by molar-refractivity contribution is -0.684. The van der Waals surface area contributed by atoms with E-state index in [2.05, 4.69) is 31.3 Å². The van der Waals surface area contributed by atoms with Crippen molar-refractivity contribution < 1.29 is 9.36 Å². The van der Waals surface area contributed by atoms with Crippen LogP contribution in [0.4, 0.5) is 0 Å². The predicted octanol–water partition coefficient (Wildman–Crippen LogP) is 3.26. The van der Waals surface area contributed by atoms with Gasteiger partial charge in [-0.05, 0) is 80.6 Å². The Balaban J connectivity index is 1.38. The highest BCUT2D eigenvalue weighted by molar-refractivity contribution is 5.74. The molecule has 1 aromatic heterocycles. The van der Waals surface area contributed by atoms with Crippen molar-refractivity contribution in [3.05, 3.63) is 30.1 Å². The average molecular weight is 327 g/mol. The van der Waals surface area contributed by atoms with Gasteiger partial charge in [0.1, 0.15) is 0 Å². The van der Waals surface area contributed by atoms with Gasteiger partial charge in [0.05, 0.1) is 0 Å². The van der Waals surface area contributed by atoms with Crippen molar-refractivity contribution in [3.63, 3.8) is 0 Å². The van der Waals surface area contributed by atoms with Crippen LogP contribution in [0.1, 0.15) is 57.9 Å². The van der Waals surface area contributed by atoms with Gasteiger partial charge in [-0.3, -0.25) is 4.79 Å². The molecular formula is C21H31N2O+. The van der Waals surface area contributed by atoms with Gasteiger partial charge in [-0.15, -0.1) is 0 Å². The molecule has 0 radical (unpaired) electrons. The van der Waals surface area contributed by atoms with E-state index in [1.807, 2.05) is 17.0 Å². The third-order valence-electron chi connectivity index (χ3n) is 7.08. The zero-order chi connectivity index (χ0) is 16.7. The third kappa shape index (κ3) is 2.98. The molecule has 0 aromatic carbocycles. The van der Waals surface area contributed by atoms with Crippen LogP contribution >= 0.6 is 0 Å². The Hall–Kier alpha value is -1.38. The summed E-state index contributed by atoms with van der Waals surface area (Å²) in [4.78, 5) is 12.5. The highest BCUT2D eigenvalue weighted by Crippen LogP contribution is 2.61. The van der Waals surface area contributed by atoms with E-state index in [1.54, 1.807) is 0 Å². The molecule has 3 nitrogen and oxygen atoms in total. The summed E-state index contributed by atoms with van der Waals surface area (Å²) in [7, 11) is 0. The molecule has 0 spiro atoms. The van der Waals surface area contributed by atoms with Gasteiger partial charge in [0.2, 0.25) is 6.54 Å². The Labute approximate surface area is 145 Å². The molecule has 130 valence electrons. The second-order valence-corrected chi connectivity index (χ2v) is 8.80. The first-order valence-corrected chi connectivity index (χ1v) is 9.83. The van der Waals surface area contributed by atoms with Gasteiger partial charge >= 0.3 is 0 Å². The summed E-state index contributed by atoms with van der Waals surface area (Å²) < 4.78 is 1.99. The molecule has 4 fully saturated rings. The molecule has 1 aromatic rings. The van der Waals surface area contributed by atoms with Gasteiger partial charge in [-0.1, -0.05) is 6.92 Å². The first-order chi connectivity index (χ1) is 11.6. The normalized spacial score (nSPS) is 35.0. The SMILES string of the molecule is CCc1cc[n+](CC(=O)N[C@H](C)C23CC4CC(CC(C4)C2)C3)cc1. The van der Waals surface area contributed by atoms with E-state index in [4.69, 9.17) is 0 Å². The number of hydrogen-bond acceptors (Lipinski definition) is 1. The molecule has 3 heteroatoms. The second-order valence-electron chi connectivity index (χ2n) is 8.80. The lowest BCUT2D eigenvalue weighted by Crippen LogP contribution is -2.57. The van der Waals surface area contributed by atoms with Crippen LogP contribution in [0.15, 0.2) is 24.5 Å². The molecule has 1 heterocycles. The maximum absolute atomic E-state index is 12.5. The Morgan fingerprint density at radius 3 is 2.21 bits per heavy atom. The van der Waals surface area contributed by atoms with Gasteiger partial charge in [0.25, 0.3) is 5.91 Å². The number of amides is 1. The summed E-state index contributed by atoms with van der Waals surface area (Å²) in [6.07, 6.45) is 13.5. The topological polar surface area (TPSA) is 33.0 Å². The quantitative estimate of drug-likeness (QED) is 0.827. The smallest absolute Gasteiger partial charge is 0.286 e. The van der Waals surface area contributed by atoms with Crippen molar-refractivity contribution in [1.82, 2.24) is 5.32 Å². The molecule has 0 saturated heterocycles. The molecule has 1 N–H and O–H groups in total. The molecular weight excluding hydrogens is 296 g/mol. The number of rotatable bonds is 5. The number of carbonyl (C=O) groups excluding carboxylic acids is 1. The number of aryl methyl sites for hydroxylation is 1. The van der Waals surface area contributed by atoms with E-state index in [9.17, 15) is 4.79 Å². The van der Waals surface area contributed by atoms with Gasteiger partial charge in [-0.2, -0.15) is 4.57 Å². The van der Waals surface area contributed by atoms with E-state index in [0.717, 1.165) is 24.2 Å². The van der Waals surface area contributed by atoms with Gasteiger partial charge in [0.15, 0.2) is 12.4 Å². The highest BCUT2D eigenvalue weighted by atomic mass is 16.2. The van der Waals surface area contributed by atoms with Crippen molar-refractivity contribution in [2.24, 2.45) is 23.2 Å². The predicted molar refractivity (Wildman–Crippen MR) is 94.2 cm³/mol. The average Bonchev–Trinajstić information content (AvgIpc) is 2.54. The van der Waals surface area contributed by atoms with Crippen molar-refractivity contribution in [2.75, 3.05) is 0 Å². The summed E-state index contributed by atoms with van der Waals surface area (Å²) >= 11 is 0. The van der Waals surface area contributed by atoms with Crippen LogP contribution in [0.3, 0.4) is 0 Å². The van der Waals surface area contributed by atoms with Crippen molar-refractivity contribution in [3.8, 4) is 0 Å². The third-order valence-corrected chi connectivity index (χ3v) is 7.08. The molecule has 24 heavy (non-hydrogen) atoms. The largest absolute Gasteiger partial charge is 0.348 e. The number of nitrogens with one attached hydrogen (secondary N) is 1. The first-order valence-electron chi connectivity index (χ1n) is 9.83. The minimum atomic E-state index is 0.160. The fraction of sp³-hybridized carbons (Fsp3) is 0.714. The lowest BCUT2D eigenvalue weighted by atomic mass is 9.48. The summed E-state index contributed by atoms with van der Waals surface area (Å²) in [6, 6.07) is 4.53.